The minimum Gasteiger partial charge on any atom is -0.372 e. The van der Waals surface area contributed by atoms with E-state index in [0.29, 0.717) is 38.3 Å². The lowest BCUT2D eigenvalue weighted by molar-refractivity contribution is 0.417. The number of epoxide rings is 3. The topological polar surface area (TPSA) is 88.8 Å². The first-order valence-corrected chi connectivity index (χ1v) is 11.5. The van der Waals surface area contributed by atoms with Crippen LogP contribution in [0, 0.1) is 0 Å². The second-order valence-electron chi connectivity index (χ2n) is 5.55. The molecule has 0 bridgehead atoms. The van der Waals surface area contributed by atoms with Gasteiger partial charge in [0.2, 0.25) is 14.7 Å². The predicted molar refractivity (Wildman–Crippen MR) is 82.6 cm³/mol. The Labute approximate surface area is 123 Å². The molecule has 3 unspecified atom stereocenters. The Bertz CT molecular complexity index is 605. The summed E-state index contributed by atoms with van der Waals surface area (Å²) in [6, 6.07) is 0. The first-order chi connectivity index (χ1) is 10.1. The van der Waals surface area contributed by atoms with E-state index in [1.165, 1.54) is 0 Å². The Hall–Kier alpha value is -0.210. The molecule has 1 aromatic rings. The fourth-order valence-corrected chi connectivity index (χ4v) is 12.9. The Morgan fingerprint density at radius 2 is 0.905 bits per heavy atom. The molecule has 3 aliphatic heterocycles. The van der Waals surface area contributed by atoms with Gasteiger partial charge in [0, 0.05) is 18.5 Å². The van der Waals surface area contributed by atoms with Crippen molar-refractivity contribution in [1.29, 1.82) is 0 Å². The molecule has 114 valence electrons. The third-order valence-corrected chi connectivity index (χ3v) is 13.2. The van der Waals surface area contributed by atoms with Crippen molar-refractivity contribution in [2.45, 2.75) is 36.8 Å². The quantitative estimate of drug-likeness (QED) is 0.711. The van der Waals surface area contributed by atoms with E-state index >= 15 is 0 Å². The first kappa shape index (κ1) is 14.4. The molecule has 1 aromatic heterocycles. The normalized spacial score (nSPS) is 32.0. The molecule has 0 amide bonds. The third kappa shape index (κ3) is 3.12. The van der Waals surface area contributed by atoms with Crippen LogP contribution in [0.15, 0.2) is 14.4 Å². The number of hydrogen-bond donors (Lipinski definition) is 0. The van der Waals surface area contributed by atoms with E-state index in [9.17, 15) is 14.4 Å². The predicted octanol–water partition coefficient (Wildman–Crippen LogP) is 0.923. The standard InChI is InChI=1S/C12H15O6P3/c13-10-19(4-7-1-16-7)11(14)21(6-9-3-18-9)12(15)20(10)5-8-2-17-8/h7-9H,1-6H2. The Kier molecular flexibility index (Phi) is 3.74. The lowest BCUT2D eigenvalue weighted by Gasteiger charge is -2.06. The zero-order valence-corrected chi connectivity index (χ0v) is 13.9. The van der Waals surface area contributed by atoms with Crippen LogP contribution in [0.1, 0.15) is 0 Å². The van der Waals surface area contributed by atoms with Crippen LogP contribution in [0.4, 0.5) is 0 Å². The molecule has 6 nitrogen and oxygen atoms in total. The van der Waals surface area contributed by atoms with Gasteiger partial charge in [-0.25, -0.2) is 0 Å². The minimum absolute atomic E-state index is 0.0558. The average Bonchev–Trinajstić information content (AvgIpc) is 3.31. The molecule has 0 radical (unpaired) electrons. The minimum atomic E-state index is -1.36. The fraction of sp³-hybridized carbons (Fsp3) is 0.750. The second-order valence-corrected chi connectivity index (χ2v) is 12.7. The third-order valence-electron chi connectivity index (χ3n) is 3.75. The summed E-state index contributed by atoms with van der Waals surface area (Å²) in [7, 11) is -4.08. The van der Waals surface area contributed by atoms with Crippen LogP contribution in [0.5, 0.6) is 0 Å². The summed E-state index contributed by atoms with van der Waals surface area (Å²) in [6.07, 6.45) is 1.74. The summed E-state index contributed by atoms with van der Waals surface area (Å²) < 4.78 is 15.6. The lowest BCUT2D eigenvalue weighted by Crippen LogP contribution is -2.18. The van der Waals surface area contributed by atoms with Gasteiger partial charge in [0.15, 0.2) is 0 Å². The molecule has 3 aliphatic rings. The monoisotopic (exact) mass is 348 g/mol. The zero-order chi connectivity index (χ0) is 14.6. The highest BCUT2D eigenvalue weighted by Gasteiger charge is 2.33. The maximum absolute atomic E-state index is 12.6. The van der Waals surface area contributed by atoms with E-state index in [4.69, 9.17) is 14.2 Å². The maximum atomic E-state index is 12.6. The molecule has 0 aromatic carbocycles. The molecule has 9 heteroatoms. The number of rotatable bonds is 6. The van der Waals surface area contributed by atoms with Crippen molar-refractivity contribution in [3.8, 4) is 0 Å². The van der Waals surface area contributed by atoms with E-state index in [2.05, 4.69) is 0 Å². The Balaban J connectivity index is 1.81. The van der Waals surface area contributed by atoms with Crippen LogP contribution >= 0.6 is 22.6 Å². The highest BCUT2D eigenvalue weighted by molar-refractivity contribution is 7.72. The summed E-state index contributed by atoms with van der Waals surface area (Å²) in [5.74, 6) is 0. The number of ether oxygens (including phenoxy) is 3. The van der Waals surface area contributed by atoms with Crippen LogP contribution in [0.25, 0.3) is 0 Å². The van der Waals surface area contributed by atoms with Gasteiger partial charge in [0.1, 0.15) is 0 Å². The van der Waals surface area contributed by atoms with Gasteiger partial charge in [-0.15, -0.1) is 0 Å². The summed E-state index contributed by atoms with van der Waals surface area (Å²) in [5, 5.41) is 0. The van der Waals surface area contributed by atoms with Gasteiger partial charge in [-0.1, -0.05) is 0 Å². The van der Waals surface area contributed by atoms with Crippen LogP contribution in [-0.4, -0.2) is 38.1 Å². The summed E-state index contributed by atoms with van der Waals surface area (Å²) in [5.41, 5.74) is 0. The van der Waals surface area contributed by atoms with E-state index in [1.807, 2.05) is 0 Å². The Morgan fingerprint density at radius 3 is 1.10 bits per heavy atom. The molecule has 0 aliphatic carbocycles. The second kappa shape index (κ2) is 5.45. The van der Waals surface area contributed by atoms with Gasteiger partial charge < -0.3 is 14.2 Å². The van der Waals surface area contributed by atoms with Gasteiger partial charge in [-0.3, -0.25) is 14.4 Å². The van der Waals surface area contributed by atoms with Gasteiger partial charge >= 0.3 is 0 Å². The van der Waals surface area contributed by atoms with Gasteiger partial charge in [-0.05, 0) is 22.6 Å². The van der Waals surface area contributed by atoms with Crippen LogP contribution in [0.3, 0.4) is 0 Å². The van der Waals surface area contributed by atoms with Crippen LogP contribution < -0.4 is 14.7 Å². The van der Waals surface area contributed by atoms with Crippen LogP contribution in [-0.2, 0) is 32.7 Å². The smallest absolute Gasteiger partial charge is 0.221 e. The molecule has 4 heterocycles. The Morgan fingerprint density at radius 1 is 0.667 bits per heavy atom. The van der Waals surface area contributed by atoms with Crippen molar-refractivity contribution in [1.82, 2.24) is 0 Å². The molecular formula is C12H15O6P3. The van der Waals surface area contributed by atoms with Gasteiger partial charge in [-0.2, -0.15) is 0 Å². The molecule has 3 saturated heterocycles. The summed E-state index contributed by atoms with van der Waals surface area (Å²) in [6.45, 7) is 1.92. The average molecular weight is 348 g/mol. The van der Waals surface area contributed by atoms with Crippen molar-refractivity contribution in [2.75, 3.05) is 19.8 Å². The van der Waals surface area contributed by atoms with Gasteiger partial charge in [0.05, 0.1) is 38.1 Å². The van der Waals surface area contributed by atoms with Gasteiger partial charge in [0.25, 0.3) is 0 Å². The van der Waals surface area contributed by atoms with Crippen LogP contribution in [0.2, 0.25) is 0 Å². The molecule has 3 atom stereocenters. The molecule has 0 N–H and O–H groups in total. The number of hydrogen-bond acceptors (Lipinski definition) is 6. The van der Waals surface area contributed by atoms with E-state index in [0.717, 1.165) is 0 Å². The van der Waals surface area contributed by atoms with Crippen molar-refractivity contribution in [2.24, 2.45) is 0 Å². The molecule has 0 saturated carbocycles. The zero-order valence-electron chi connectivity index (χ0n) is 11.3. The molecule has 0 spiro atoms. The van der Waals surface area contributed by atoms with Crippen molar-refractivity contribution in [3.63, 3.8) is 0 Å². The highest BCUT2D eigenvalue weighted by atomic mass is 31.2. The van der Waals surface area contributed by atoms with E-state index in [-0.39, 0.29) is 33.0 Å². The molecule has 4 rings (SSSR count). The molecule has 21 heavy (non-hydrogen) atoms. The van der Waals surface area contributed by atoms with Crippen molar-refractivity contribution in [3.05, 3.63) is 29.1 Å². The first-order valence-electron chi connectivity index (χ1n) is 6.93. The highest BCUT2D eigenvalue weighted by Crippen LogP contribution is 2.39. The van der Waals surface area contributed by atoms with E-state index < -0.39 is 22.6 Å². The summed E-state index contributed by atoms with van der Waals surface area (Å²) in [4.78, 5) is 37.6. The molecular weight excluding hydrogens is 333 g/mol. The molecule has 3 fully saturated rings. The SMILES string of the molecule is O=c1p(CC2CO2)c(=O)p(CC2CO2)c(=O)p1CC1CO1. The lowest BCUT2D eigenvalue weighted by atomic mass is 10.6. The van der Waals surface area contributed by atoms with Crippen molar-refractivity contribution < 1.29 is 14.2 Å². The van der Waals surface area contributed by atoms with E-state index in [1.54, 1.807) is 0 Å². The fourth-order valence-electron chi connectivity index (χ4n) is 2.28. The summed E-state index contributed by atoms with van der Waals surface area (Å²) >= 11 is 0. The maximum Gasteiger partial charge on any atom is 0.221 e. The largest absolute Gasteiger partial charge is 0.372 e. The van der Waals surface area contributed by atoms with Crippen molar-refractivity contribution >= 4 is 22.6 Å².